The van der Waals surface area contributed by atoms with Crippen LogP contribution in [0.1, 0.15) is 58.3 Å². The molecular formula is C19H26O. The second-order valence-corrected chi connectivity index (χ2v) is 7.91. The van der Waals surface area contributed by atoms with Gasteiger partial charge in [0.25, 0.3) is 0 Å². The second kappa shape index (κ2) is 4.86. The summed E-state index contributed by atoms with van der Waals surface area (Å²) >= 11 is 0. The van der Waals surface area contributed by atoms with Crippen LogP contribution in [0.3, 0.4) is 0 Å². The maximum Gasteiger partial charge on any atom is 0.156 e. The van der Waals surface area contributed by atoms with E-state index in [0.717, 1.165) is 42.4 Å². The largest absolute Gasteiger partial charge is 0.295 e. The summed E-state index contributed by atoms with van der Waals surface area (Å²) in [6, 6.07) is 0. The summed E-state index contributed by atoms with van der Waals surface area (Å²) in [4.78, 5) is 11.7. The van der Waals surface area contributed by atoms with E-state index in [1.165, 1.54) is 44.1 Å². The molecule has 4 bridgehead atoms. The predicted octanol–water partition coefficient (Wildman–Crippen LogP) is 4.68. The van der Waals surface area contributed by atoms with Crippen molar-refractivity contribution >= 4 is 5.78 Å². The first kappa shape index (κ1) is 12.9. The van der Waals surface area contributed by atoms with Crippen molar-refractivity contribution in [2.45, 2.75) is 58.3 Å². The average Bonchev–Trinajstić information content (AvgIpc) is 2.70. The lowest BCUT2D eigenvalue weighted by molar-refractivity contribution is -0.114. The molecule has 5 aliphatic rings. The number of allylic oxidation sites excluding steroid dienone is 4. The van der Waals surface area contributed by atoms with Crippen molar-refractivity contribution in [2.75, 3.05) is 0 Å². The Hall–Kier alpha value is -0.850. The van der Waals surface area contributed by atoms with Crippen molar-refractivity contribution in [1.82, 2.24) is 0 Å². The molecule has 108 valence electrons. The van der Waals surface area contributed by atoms with Crippen LogP contribution >= 0.6 is 0 Å². The summed E-state index contributed by atoms with van der Waals surface area (Å²) in [6.45, 7) is 2.27. The molecule has 3 unspecified atom stereocenters. The van der Waals surface area contributed by atoms with Crippen LogP contribution in [0.2, 0.25) is 0 Å². The van der Waals surface area contributed by atoms with Gasteiger partial charge in [0, 0.05) is 6.42 Å². The third kappa shape index (κ3) is 2.19. The molecule has 0 aromatic rings. The minimum absolute atomic E-state index is 0.318. The van der Waals surface area contributed by atoms with Gasteiger partial charge in [-0.1, -0.05) is 11.6 Å². The molecule has 0 saturated heterocycles. The van der Waals surface area contributed by atoms with Crippen molar-refractivity contribution in [3.8, 4) is 0 Å². The highest BCUT2D eigenvalue weighted by atomic mass is 16.1. The monoisotopic (exact) mass is 270 g/mol. The Balaban J connectivity index is 1.67. The molecular weight excluding hydrogens is 244 g/mol. The molecule has 1 heteroatoms. The Morgan fingerprint density at radius 2 is 1.50 bits per heavy atom. The summed E-state index contributed by atoms with van der Waals surface area (Å²) in [7, 11) is 0. The van der Waals surface area contributed by atoms with Crippen molar-refractivity contribution in [3.05, 3.63) is 23.3 Å². The molecule has 0 heterocycles. The van der Waals surface area contributed by atoms with Crippen LogP contribution in [-0.4, -0.2) is 5.78 Å². The molecule has 0 aromatic heterocycles. The van der Waals surface area contributed by atoms with Crippen LogP contribution < -0.4 is 0 Å². The molecule has 0 aromatic carbocycles. The zero-order valence-corrected chi connectivity index (χ0v) is 12.6. The van der Waals surface area contributed by atoms with E-state index in [4.69, 9.17) is 0 Å². The molecule has 0 N–H and O–H groups in total. The Kier molecular flexibility index (Phi) is 3.12. The molecule has 20 heavy (non-hydrogen) atoms. The third-order valence-electron chi connectivity index (χ3n) is 6.52. The van der Waals surface area contributed by atoms with Gasteiger partial charge < -0.3 is 0 Å². The van der Waals surface area contributed by atoms with E-state index in [1.807, 2.05) is 6.08 Å². The first-order valence-corrected chi connectivity index (χ1v) is 8.59. The first-order valence-electron chi connectivity index (χ1n) is 8.59. The lowest BCUT2D eigenvalue weighted by Crippen LogP contribution is -2.28. The van der Waals surface area contributed by atoms with Gasteiger partial charge in [0.2, 0.25) is 0 Å². The van der Waals surface area contributed by atoms with Crippen LogP contribution in [0.25, 0.3) is 0 Å². The summed E-state index contributed by atoms with van der Waals surface area (Å²) in [6.07, 6.45) is 14.6. The highest BCUT2D eigenvalue weighted by Crippen LogP contribution is 2.55. The Labute approximate surface area is 122 Å². The fourth-order valence-corrected chi connectivity index (χ4v) is 5.80. The molecule has 0 spiro atoms. The minimum atomic E-state index is 0.318. The molecule has 5 rings (SSSR count). The highest BCUT2D eigenvalue weighted by Gasteiger charge is 2.44. The Morgan fingerprint density at radius 3 is 2.20 bits per heavy atom. The molecule has 5 aliphatic carbocycles. The highest BCUT2D eigenvalue weighted by molar-refractivity contribution is 5.90. The number of hydrogen-bond donors (Lipinski definition) is 0. The van der Waals surface area contributed by atoms with Gasteiger partial charge in [-0.3, -0.25) is 4.79 Å². The van der Waals surface area contributed by atoms with Gasteiger partial charge in [0.1, 0.15) is 0 Å². The van der Waals surface area contributed by atoms with Crippen LogP contribution in [0.4, 0.5) is 0 Å². The quantitative estimate of drug-likeness (QED) is 0.676. The van der Waals surface area contributed by atoms with Gasteiger partial charge in [-0.25, -0.2) is 0 Å². The maximum absolute atomic E-state index is 11.7. The van der Waals surface area contributed by atoms with Crippen LogP contribution in [0.5, 0.6) is 0 Å². The number of carbonyl (C=O) groups excluding carboxylic acids is 1. The Bertz CT molecular complexity index is 470. The fourth-order valence-electron chi connectivity index (χ4n) is 5.80. The van der Waals surface area contributed by atoms with Crippen LogP contribution in [0.15, 0.2) is 23.3 Å². The lowest BCUT2D eigenvalue weighted by atomic mass is 9.66. The molecule has 0 aliphatic heterocycles. The van der Waals surface area contributed by atoms with Gasteiger partial charge in [0.15, 0.2) is 5.78 Å². The van der Waals surface area contributed by atoms with E-state index in [0.29, 0.717) is 5.78 Å². The van der Waals surface area contributed by atoms with Crippen molar-refractivity contribution in [1.29, 1.82) is 0 Å². The maximum atomic E-state index is 11.7. The molecule has 4 saturated carbocycles. The number of hydrogen-bond acceptors (Lipinski definition) is 1. The van der Waals surface area contributed by atoms with E-state index >= 15 is 0 Å². The van der Waals surface area contributed by atoms with Gasteiger partial charge in [-0.2, -0.15) is 0 Å². The summed E-state index contributed by atoms with van der Waals surface area (Å²) in [5.41, 5.74) is 3.05. The first-order chi connectivity index (χ1) is 9.69. The fraction of sp³-hybridized carbons (Fsp3) is 0.737. The van der Waals surface area contributed by atoms with Gasteiger partial charge in [-0.05, 0) is 93.1 Å². The molecule has 0 amide bonds. The molecule has 1 nitrogen and oxygen atoms in total. The SMILES string of the molecule is CC1=C(C2CC3CC4CC(C3)CC2C4)C=CC(=O)CC1. The van der Waals surface area contributed by atoms with E-state index in [1.54, 1.807) is 5.57 Å². The number of rotatable bonds is 1. The number of carbonyl (C=O) groups is 1. The van der Waals surface area contributed by atoms with Crippen LogP contribution in [0, 0.1) is 29.6 Å². The zero-order valence-electron chi connectivity index (χ0n) is 12.6. The molecule has 3 atom stereocenters. The molecule has 0 radical (unpaired) electrons. The van der Waals surface area contributed by atoms with Crippen molar-refractivity contribution in [2.24, 2.45) is 29.6 Å². The zero-order chi connectivity index (χ0) is 13.7. The van der Waals surface area contributed by atoms with E-state index < -0.39 is 0 Å². The van der Waals surface area contributed by atoms with Crippen LogP contribution in [-0.2, 0) is 4.79 Å². The number of fused-ring (bicyclic) bond motifs is 1. The standard InChI is InChI=1S/C19H26O/c1-12-2-3-17(20)4-5-18(12)19-11-15-7-13-6-14(8-15)10-16(19)9-13/h4-5,13-16,19H,2-3,6-11H2,1H3. The van der Waals surface area contributed by atoms with E-state index in [2.05, 4.69) is 13.0 Å². The van der Waals surface area contributed by atoms with E-state index in [-0.39, 0.29) is 0 Å². The van der Waals surface area contributed by atoms with Gasteiger partial charge in [-0.15, -0.1) is 0 Å². The summed E-state index contributed by atoms with van der Waals surface area (Å²) in [5, 5.41) is 0. The Morgan fingerprint density at radius 1 is 0.850 bits per heavy atom. The third-order valence-corrected chi connectivity index (χ3v) is 6.52. The normalized spacial score (nSPS) is 43.9. The van der Waals surface area contributed by atoms with Crippen molar-refractivity contribution in [3.63, 3.8) is 0 Å². The predicted molar refractivity (Wildman–Crippen MR) is 81.2 cm³/mol. The van der Waals surface area contributed by atoms with Gasteiger partial charge in [0.05, 0.1) is 0 Å². The molecule has 4 fully saturated rings. The number of ketones is 1. The van der Waals surface area contributed by atoms with Gasteiger partial charge >= 0.3 is 0 Å². The minimum Gasteiger partial charge on any atom is -0.295 e. The summed E-state index contributed by atoms with van der Waals surface area (Å²) < 4.78 is 0. The average molecular weight is 270 g/mol. The summed E-state index contributed by atoms with van der Waals surface area (Å²) in [5.74, 6) is 5.02. The van der Waals surface area contributed by atoms with Crippen molar-refractivity contribution < 1.29 is 4.79 Å². The second-order valence-electron chi connectivity index (χ2n) is 7.91. The van der Waals surface area contributed by atoms with E-state index in [9.17, 15) is 4.79 Å². The smallest absolute Gasteiger partial charge is 0.156 e. The lowest BCUT2D eigenvalue weighted by Gasteiger charge is -2.39. The topological polar surface area (TPSA) is 17.1 Å².